The van der Waals surface area contributed by atoms with E-state index >= 15 is 0 Å². The van der Waals surface area contributed by atoms with E-state index in [2.05, 4.69) is 21.1 Å². The summed E-state index contributed by atoms with van der Waals surface area (Å²) in [4.78, 5) is 9.82. The number of hydrogen-bond donors (Lipinski definition) is 2. The van der Waals surface area contributed by atoms with Crippen LogP contribution < -0.4 is 5.32 Å². The summed E-state index contributed by atoms with van der Waals surface area (Å²) < 4.78 is 35.2. The van der Waals surface area contributed by atoms with Gasteiger partial charge in [0.1, 0.15) is 5.65 Å². The molecule has 37 heavy (non-hydrogen) atoms. The first-order chi connectivity index (χ1) is 18.0. The molecule has 3 fully saturated rings. The molecule has 1 aliphatic heterocycles. The van der Waals surface area contributed by atoms with E-state index in [1.54, 1.807) is 12.1 Å². The molecule has 2 N–H and O–H groups in total. The highest BCUT2D eigenvalue weighted by Crippen LogP contribution is 2.37. The fraction of sp³-hybridized carbons (Fsp3) is 0.556. The van der Waals surface area contributed by atoms with Crippen LogP contribution in [0.15, 0.2) is 41.6 Å². The molecule has 0 atom stereocenters. The molecule has 0 bridgehead atoms. The molecule has 0 spiro atoms. The number of aliphatic hydroxyl groups is 1. The number of aromatic nitrogens is 3. The van der Waals surface area contributed by atoms with Crippen LogP contribution in [0.1, 0.15) is 51.0 Å². The Labute approximate surface area is 217 Å². The van der Waals surface area contributed by atoms with Crippen molar-refractivity contribution in [2.75, 3.05) is 38.2 Å². The molecule has 3 aromatic rings. The van der Waals surface area contributed by atoms with Crippen molar-refractivity contribution < 1.29 is 18.3 Å². The van der Waals surface area contributed by atoms with Crippen LogP contribution in [0.2, 0.25) is 0 Å². The average molecular weight is 526 g/mol. The number of aliphatic hydroxyl groups excluding tert-OH is 1. The Balaban J connectivity index is 1.32. The van der Waals surface area contributed by atoms with Crippen LogP contribution in [0.5, 0.6) is 0 Å². The number of benzene rings is 1. The first-order valence-corrected chi connectivity index (χ1v) is 14.9. The summed E-state index contributed by atoms with van der Waals surface area (Å²) >= 11 is 0. The second kappa shape index (κ2) is 10.3. The van der Waals surface area contributed by atoms with Gasteiger partial charge in [0.15, 0.2) is 0 Å². The van der Waals surface area contributed by atoms with Gasteiger partial charge in [-0.1, -0.05) is 25.0 Å². The molecule has 1 aromatic carbocycles. The zero-order chi connectivity index (χ0) is 25.4. The highest BCUT2D eigenvalue weighted by molar-refractivity contribution is 7.89. The summed E-state index contributed by atoms with van der Waals surface area (Å²) in [6.45, 7) is 2.47. The van der Waals surface area contributed by atoms with Crippen molar-refractivity contribution in [2.24, 2.45) is 5.92 Å². The Bertz CT molecular complexity index is 1340. The molecule has 2 saturated carbocycles. The van der Waals surface area contributed by atoms with Crippen LogP contribution in [0.4, 0.5) is 5.95 Å². The number of hydrogen-bond acceptors (Lipinski definition) is 7. The van der Waals surface area contributed by atoms with Crippen LogP contribution >= 0.6 is 0 Å². The summed E-state index contributed by atoms with van der Waals surface area (Å²) in [7, 11) is -3.55. The molecule has 9 nitrogen and oxygen atoms in total. The maximum absolute atomic E-state index is 13.1. The van der Waals surface area contributed by atoms with Gasteiger partial charge in [0, 0.05) is 49.0 Å². The second-order valence-corrected chi connectivity index (χ2v) is 12.5. The summed E-state index contributed by atoms with van der Waals surface area (Å²) in [6.07, 6.45) is 10.9. The Morgan fingerprint density at radius 3 is 2.46 bits per heavy atom. The van der Waals surface area contributed by atoms with Gasteiger partial charge in [-0.25, -0.2) is 13.4 Å². The molecular formula is C27H35N5O4S. The molecule has 198 valence electrons. The zero-order valence-corrected chi connectivity index (χ0v) is 21.9. The van der Waals surface area contributed by atoms with Crippen LogP contribution in [0.3, 0.4) is 0 Å². The minimum atomic E-state index is -3.55. The Kier molecular flexibility index (Phi) is 6.91. The molecule has 2 aliphatic carbocycles. The van der Waals surface area contributed by atoms with Gasteiger partial charge in [0.25, 0.3) is 0 Å². The molecule has 2 aromatic heterocycles. The molecule has 0 radical (unpaired) electrons. The minimum Gasteiger partial charge on any atom is -0.393 e. The summed E-state index contributed by atoms with van der Waals surface area (Å²) in [6, 6.07) is 7.39. The van der Waals surface area contributed by atoms with E-state index in [0.29, 0.717) is 37.1 Å². The van der Waals surface area contributed by atoms with E-state index in [4.69, 9.17) is 9.72 Å². The van der Waals surface area contributed by atoms with E-state index in [-0.39, 0.29) is 12.1 Å². The van der Waals surface area contributed by atoms with Crippen molar-refractivity contribution in [3.05, 3.63) is 36.7 Å². The van der Waals surface area contributed by atoms with E-state index in [9.17, 15) is 13.5 Å². The quantitative estimate of drug-likeness (QED) is 0.460. The predicted molar refractivity (Wildman–Crippen MR) is 142 cm³/mol. The average Bonchev–Trinajstić information content (AvgIpc) is 3.68. The van der Waals surface area contributed by atoms with Gasteiger partial charge in [-0.05, 0) is 55.7 Å². The normalized spacial score (nSPS) is 23.4. The summed E-state index contributed by atoms with van der Waals surface area (Å²) in [5.74, 6) is 1.48. The number of ether oxygens (including phenoxy) is 1. The molecular weight excluding hydrogens is 490 g/mol. The first-order valence-electron chi connectivity index (χ1n) is 13.5. The first kappa shape index (κ1) is 24.8. The van der Waals surface area contributed by atoms with Gasteiger partial charge in [0.2, 0.25) is 16.0 Å². The second-order valence-electron chi connectivity index (χ2n) is 10.5. The van der Waals surface area contributed by atoms with Crippen LogP contribution in [0.25, 0.3) is 22.2 Å². The van der Waals surface area contributed by atoms with Crippen molar-refractivity contribution in [3.8, 4) is 11.1 Å². The maximum atomic E-state index is 13.1. The lowest BCUT2D eigenvalue weighted by atomic mass is 9.93. The third kappa shape index (κ3) is 5.25. The molecule has 0 unspecified atom stereocenters. The third-order valence-corrected chi connectivity index (χ3v) is 9.85. The minimum absolute atomic E-state index is 0.229. The largest absolute Gasteiger partial charge is 0.393 e. The van der Waals surface area contributed by atoms with Crippen LogP contribution in [-0.2, 0) is 14.8 Å². The fourth-order valence-electron chi connectivity index (χ4n) is 5.50. The summed E-state index contributed by atoms with van der Waals surface area (Å²) in [5, 5.41) is 14.4. The SMILES string of the molecule is O=S(=O)(c1ccc(-c2cn(C3CCC(O)CC3)c3nc(NCCC4CC4)ncc23)cc1)N1CCOCC1. The van der Waals surface area contributed by atoms with Crippen molar-refractivity contribution >= 4 is 27.0 Å². The van der Waals surface area contributed by atoms with E-state index in [1.807, 2.05) is 18.3 Å². The molecule has 3 aliphatic rings. The predicted octanol–water partition coefficient (Wildman–Crippen LogP) is 3.81. The van der Waals surface area contributed by atoms with E-state index < -0.39 is 10.0 Å². The Morgan fingerprint density at radius 2 is 1.76 bits per heavy atom. The number of nitrogens with zero attached hydrogens (tertiary/aromatic N) is 4. The van der Waals surface area contributed by atoms with Gasteiger partial charge in [0.05, 0.1) is 24.2 Å². The molecule has 10 heteroatoms. The summed E-state index contributed by atoms with van der Waals surface area (Å²) in [5.41, 5.74) is 2.80. The van der Waals surface area contributed by atoms with Gasteiger partial charge in [-0.15, -0.1) is 0 Å². The van der Waals surface area contributed by atoms with Gasteiger partial charge < -0.3 is 19.7 Å². The lowest BCUT2D eigenvalue weighted by Crippen LogP contribution is -2.40. The van der Waals surface area contributed by atoms with Crippen molar-refractivity contribution in [1.82, 2.24) is 18.8 Å². The van der Waals surface area contributed by atoms with Crippen LogP contribution in [-0.4, -0.2) is 71.3 Å². The maximum Gasteiger partial charge on any atom is 0.243 e. The number of sulfonamides is 1. The highest BCUT2D eigenvalue weighted by Gasteiger charge is 2.27. The third-order valence-electron chi connectivity index (χ3n) is 7.94. The number of fused-ring (bicyclic) bond motifs is 1. The number of rotatable bonds is 8. The van der Waals surface area contributed by atoms with Gasteiger partial charge in [-0.2, -0.15) is 9.29 Å². The zero-order valence-electron chi connectivity index (χ0n) is 21.1. The van der Waals surface area contributed by atoms with E-state index in [0.717, 1.165) is 66.7 Å². The Hall–Kier alpha value is -2.53. The molecule has 6 rings (SSSR count). The smallest absolute Gasteiger partial charge is 0.243 e. The topological polar surface area (TPSA) is 110 Å². The van der Waals surface area contributed by atoms with E-state index in [1.165, 1.54) is 17.1 Å². The fourth-order valence-corrected chi connectivity index (χ4v) is 6.90. The molecule has 1 saturated heterocycles. The standard InChI is InChI=1S/C27H35N5O4S/c33-22-7-5-21(6-8-22)32-18-25(24-17-29-27(30-26(24)32)28-12-11-19-1-2-19)20-3-9-23(10-4-20)37(34,35)31-13-15-36-16-14-31/h3-4,9-10,17-19,21-22,33H,1-2,5-8,11-16H2,(H,28,29,30). The highest BCUT2D eigenvalue weighted by atomic mass is 32.2. The number of morpholine rings is 1. The van der Waals surface area contributed by atoms with Crippen molar-refractivity contribution in [2.45, 2.75) is 62.0 Å². The monoisotopic (exact) mass is 525 g/mol. The van der Waals surface area contributed by atoms with Crippen molar-refractivity contribution in [3.63, 3.8) is 0 Å². The van der Waals surface area contributed by atoms with Crippen molar-refractivity contribution in [1.29, 1.82) is 0 Å². The lowest BCUT2D eigenvalue weighted by molar-refractivity contribution is 0.0730. The van der Waals surface area contributed by atoms with Gasteiger partial charge >= 0.3 is 0 Å². The lowest BCUT2D eigenvalue weighted by Gasteiger charge is -2.27. The number of nitrogens with one attached hydrogen (secondary N) is 1. The van der Waals surface area contributed by atoms with Crippen LogP contribution in [0, 0.1) is 5.92 Å². The van der Waals surface area contributed by atoms with Gasteiger partial charge in [-0.3, -0.25) is 0 Å². The molecule has 3 heterocycles. The Morgan fingerprint density at radius 1 is 1.03 bits per heavy atom. The molecule has 0 amide bonds. The number of anilines is 1.